The van der Waals surface area contributed by atoms with Gasteiger partial charge in [0.05, 0.1) is 18.4 Å². The van der Waals surface area contributed by atoms with E-state index < -0.39 is 16.0 Å². The molecular formula is C10H18N2O5S2. The Bertz CT molecular complexity index is 429. The fourth-order valence-electron chi connectivity index (χ4n) is 1.68. The van der Waals surface area contributed by atoms with Gasteiger partial charge in [0.2, 0.25) is 15.9 Å². The second-order valence-electron chi connectivity index (χ2n) is 4.24. The molecule has 1 N–H and O–H groups in total. The highest BCUT2D eigenvalue weighted by molar-refractivity contribution is 7.99. The number of carboxylic acids is 1. The van der Waals surface area contributed by atoms with E-state index in [4.69, 9.17) is 5.11 Å². The molecule has 0 bridgehead atoms. The van der Waals surface area contributed by atoms with Gasteiger partial charge in [-0.15, -0.1) is 0 Å². The standard InChI is InChI=1S/C10H18N2O5S2/c1-19(16,17)12-5-3-11(4-6-12)9(13)8-18-7-2-10(14)15/h2-8H2,1H3,(H,14,15). The molecule has 0 spiro atoms. The summed E-state index contributed by atoms with van der Waals surface area (Å²) in [4.78, 5) is 23.7. The lowest BCUT2D eigenvalue weighted by Gasteiger charge is -2.33. The van der Waals surface area contributed by atoms with Crippen LogP contribution in [-0.4, -0.2) is 78.5 Å². The highest BCUT2D eigenvalue weighted by atomic mass is 32.2. The number of thioether (sulfide) groups is 1. The second-order valence-corrected chi connectivity index (χ2v) is 7.33. The van der Waals surface area contributed by atoms with Crippen molar-refractivity contribution in [1.29, 1.82) is 0 Å². The molecule has 0 unspecified atom stereocenters. The molecule has 9 heteroatoms. The van der Waals surface area contributed by atoms with Gasteiger partial charge < -0.3 is 10.0 Å². The third-order valence-corrected chi connectivity index (χ3v) is 4.99. The van der Waals surface area contributed by atoms with Crippen molar-refractivity contribution in [2.75, 3.05) is 43.9 Å². The molecule has 0 radical (unpaired) electrons. The number of nitrogens with zero attached hydrogens (tertiary/aromatic N) is 2. The van der Waals surface area contributed by atoms with Crippen molar-refractivity contribution in [3.63, 3.8) is 0 Å². The summed E-state index contributed by atoms with van der Waals surface area (Å²) in [7, 11) is -3.18. The molecule has 0 aliphatic carbocycles. The van der Waals surface area contributed by atoms with Crippen molar-refractivity contribution in [2.24, 2.45) is 0 Å². The summed E-state index contributed by atoms with van der Waals surface area (Å²) < 4.78 is 24.0. The van der Waals surface area contributed by atoms with Crippen LogP contribution in [0.5, 0.6) is 0 Å². The van der Waals surface area contributed by atoms with E-state index in [2.05, 4.69) is 0 Å². The maximum atomic E-state index is 11.8. The maximum Gasteiger partial charge on any atom is 0.304 e. The minimum Gasteiger partial charge on any atom is -0.481 e. The minimum atomic E-state index is -3.18. The largest absolute Gasteiger partial charge is 0.481 e. The highest BCUT2D eigenvalue weighted by Crippen LogP contribution is 2.09. The van der Waals surface area contributed by atoms with Crippen molar-refractivity contribution in [3.05, 3.63) is 0 Å². The molecule has 1 amide bonds. The fraction of sp³-hybridized carbons (Fsp3) is 0.800. The van der Waals surface area contributed by atoms with Gasteiger partial charge in [0.1, 0.15) is 0 Å². The Labute approximate surface area is 117 Å². The van der Waals surface area contributed by atoms with E-state index in [1.807, 2.05) is 0 Å². The zero-order chi connectivity index (χ0) is 14.5. The van der Waals surface area contributed by atoms with Crippen molar-refractivity contribution < 1.29 is 23.1 Å². The number of piperazine rings is 1. The molecule has 1 rings (SSSR count). The van der Waals surface area contributed by atoms with Crippen molar-refractivity contribution >= 4 is 33.7 Å². The Hall–Kier alpha value is -0.800. The van der Waals surface area contributed by atoms with Gasteiger partial charge in [0, 0.05) is 31.9 Å². The van der Waals surface area contributed by atoms with Crippen LogP contribution in [0.4, 0.5) is 0 Å². The van der Waals surface area contributed by atoms with E-state index in [1.165, 1.54) is 16.1 Å². The van der Waals surface area contributed by atoms with Gasteiger partial charge in [-0.2, -0.15) is 16.1 Å². The number of carbonyl (C=O) groups excluding carboxylic acids is 1. The summed E-state index contributed by atoms with van der Waals surface area (Å²) >= 11 is 1.29. The van der Waals surface area contributed by atoms with Crippen LogP contribution in [0.1, 0.15) is 6.42 Å². The van der Waals surface area contributed by atoms with E-state index in [9.17, 15) is 18.0 Å². The van der Waals surface area contributed by atoms with Gasteiger partial charge in [-0.05, 0) is 0 Å². The number of hydrogen-bond donors (Lipinski definition) is 1. The Morgan fingerprint density at radius 1 is 1.21 bits per heavy atom. The average Bonchev–Trinajstić information content (AvgIpc) is 2.33. The predicted molar refractivity (Wildman–Crippen MR) is 72.6 cm³/mol. The number of sulfonamides is 1. The summed E-state index contributed by atoms with van der Waals surface area (Å²) in [5.41, 5.74) is 0. The van der Waals surface area contributed by atoms with Gasteiger partial charge in [0.25, 0.3) is 0 Å². The van der Waals surface area contributed by atoms with Crippen molar-refractivity contribution in [1.82, 2.24) is 9.21 Å². The summed E-state index contributed by atoms with van der Waals surface area (Å²) in [6, 6.07) is 0. The Balaban J connectivity index is 2.27. The molecule has 1 heterocycles. The molecule has 1 fully saturated rings. The van der Waals surface area contributed by atoms with E-state index in [1.54, 1.807) is 4.90 Å². The van der Waals surface area contributed by atoms with E-state index in [0.29, 0.717) is 31.9 Å². The maximum absolute atomic E-state index is 11.8. The molecule has 19 heavy (non-hydrogen) atoms. The van der Waals surface area contributed by atoms with Gasteiger partial charge >= 0.3 is 5.97 Å². The summed E-state index contributed by atoms with van der Waals surface area (Å²) in [6.45, 7) is 1.44. The first-order valence-corrected chi connectivity index (χ1v) is 8.83. The van der Waals surface area contributed by atoms with Crippen LogP contribution in [0.3, 0.4) is 0 Å². The highest BCUT2D eigenvalue weighted by Gasteiger charge is 2.25. The van der Waals surface area contributed by atoms with Gasteiger partial charge in [-0.1, -0.05) is 0 Å². The summed E-state index contributed by atoms with van der Waals surface area (Å²) in [5, 5.41) is 8.46. The number of amides is 1. The topological polar surface area (TPSA) is 95.0 Å². The monoisotopic (exact) mass is 310 g/mol. The molecule has 0 saturated carbocycles. The van der Waals surface area contributed by atoms with Crippen LogP contribution >= 0.6 is 11.8 Å². The van der Waals surface area contributed by atoms with Crippen LogP contribution in [0.25, 0.3) is 0 Å². The zero-order valence-electron chi connectivity index (χ0n) is 10.7. The van der Waals surface area contributed by atoms with Gasteiger partial charge in [-0.3, -0.25) is 9.59 Å². The first kappa shape index (κ1) is 16.3. The molecule has 0 aromatic carbocycles. The Morgan fingerprint density at radius 2 is 1.79 bits per heavy atom. The second kappa shape index (κ2) is 7.11. The quantitative estimate of drug-likeness (QED) is 0.652. The van der Waals surface area contributed by atoms with Crippen LogP contribution < -0.4 is 0 Å². The number of carboxylic acid groups (broad SMARTS) is 1. The SMILES string of the molecule is CS(=O)(=O)N1CCN(C(=O)CSCCC(=O)O)CC1. The lowest BCUT2D eigenvalue weighted by atomic mass is 10.3. The normalized spacial score (nSPS) is 17.4. The number of carbonyl (C=O) groups is 2. The van der Waals surface area contributed by atoms with E-state index >= 15 is 0 Å². The van der Waals surface area contributed by atoms with Crippen LogP contribution in [0, 0.1) is 0 Å². The predicted octanol–water partition coefficient (Wildman–Crippen LogP) is -0.702. The smallest absolute Gasteiger partial charge is 0.304 e. The van der Waals surface area contributed by atoms with Crippen LogP contribution in [-0.2, 0) is 19.6 Å². The van der Waals surface area contributed by atoms with Gasteiger partial charge in [-0.25, -0.2) is 8.42 Å². The third kappa shape index (κ3) is 5.79. The molecule has 110 valence electrons. The molecule has 0 aromatic heterocycles. The number of hydrogen-bond acceptors (Lipinski definition) is 5. The number of aliphatic carboxylic acids is 1. The molecule has 1 saturated heterocycles. The van der Waals surface area contributed by atoms with Crippen LogP contribution in [0.15, 0.2) is 0 Å². The first-order valence-electron chi connectivity index (χ1n) is 5.83. The zero-order valence-corrected chi connectivity index (χ0v) is 12.4. The van der Waals surface area contributed by atoms with E-state index in [0.717, 1.165) is 6.26 Å². The Kier molecular flexibility index (Phi) is 6.08. The summed E-state index contributed by atoms with van der Waals surface area (Å²) in [6.07, 6.45) is 1.20. The molecule has 0 atom stereocenters. The van der Waals surface area contributed by atoms with E-state index in [-0.39, 0.29) is 18.1 Å². The lowest BCUT2D eigenvalue weighted by molar-refractivity contribution is -0.136. The van der Waals surface area contributed by atoms with Crippen LogP contribution in [0.2, 0.25) is 0 Å². The fourth-order valence-corrected chi connectivity index (χ4v) is 3.33. The van der Waals surface area contributed by atoms with Gasteiger partial charge in [0.15, 0.2) is 0 Å². The minimum absolute atomic E-state index is 0.0415. The molecule has 1 aliphatic rings. The van der Waals surface area contributed by atoms with Crippen molar-refractivity contribution in [3.8, 4) is 0 Å². The molecular weight excluding hydrogens is 292 g/mol. The molecule has 0 aromatic rings. The number of rotatable bonds is 6. The first-order chi connectivity index (χ1) is 8.80. The van der Waals surface area contributed by atoms with Crippen molar-refractivity contribution in [2.45, 2.75) is 6.42 Å². The molecule has 7 nitrogen and oxygen atoms in total. The lowest BCUT2D eigenvalue weighted by Crippen LogP contribution is -2.50. The summed E-state index contributed by atoms with van der Waals surface area (Å²) in [5.74, 6) is -0.290. The molecule has 1 aliphatic heterocycles. The Morgan fingerprint density at radius 3 is 2.26 bits per heavy atom. The third-order valence-electron chi connectivity index (χ3n) is 2.75. The average molecular weight is 310 g/mol.